The maximum Gasteiger partial charge on any atom is 0.0563 e. The molecule has 0 spiro atoms. The first-order valence-electron chi connectivity index (χ1n) is 4.82. The van der Waals surface area contributed by atoms with Crippen LogP contribution in [0.2, 0.25) is 0 Å². The molecule has 3 rings (SSSR count). The van der Waals surface area contributed by atoms with Crippen LogP contribution in [0.4, 0.5) is 0 Å². The molecule has 0 aromatic heterocycles. The molecule has 2 aromatic carbocycles. The van der Waals surface area contributed by atoms with Crippen LogP contribution in [0.5, 0.6) is 0 Å². The van der Waals surface area contributed by atoms with Gasteiger partial charge in [-0.15, -0.1) is 0 Å². The van der Waals surface area contributed by atoms with E-state index in [4.69, 9.17) is 5.73 Å². The van der Waals surface area contributed by atoms with Crippen LogP contribution < -0.4 is 5.73 Å². The summed E-state index contributed by atoms with van der Waals surface area (Å²) in [6, 6.07) is 16.8. The summed E-state index contributed by atoms with van der Waals surface area (Å²) in [4.78, 5) is 0. The zero-order valence-electron chi connectivity index (χ0n) is 8.27. The lowest BCUT2D eigenvalue weighted by Gasteiger charge is -2.04. The van der Waals surface area contributed by atoms with Crippen molar-refractivity contribution < 1.29 is 5.48 Å². The first kappa shape index (κ1) is 9.90. The molecule has 15 heavy (non-hydrogen) atoms. The summed E-state index contributed by atoms with van der Waals surface area (Å²) < 4.78 is 0. The van der Waals surface area contributed by atoms with Gasteiger partial charge >= 0.3 is 0 Å². The Morgan fingerprint density at radius 3 is 1.60 bits per heavy atom. The molecule has 0 unspecified atom stereocenters. The summed E-state index contributed by atoms with van der Waals surface area (Å²) in [5, 5.41) is 0. The predicted molar refractivity (Wildman–Crippen MR) is 61.5 cm³/mol. The highest BCUT2D eigenvalue weighted by molar-refractivity contribution is 5.78. The second-order valence-electron chi connectivity index (χ2n) is 3.65. The number of benzene rings is 2. The Kier molecular flexibility index (Phi) is 2.31. The summed E-state index contributed by atoms with van der Waals surface area (Å²) in [6.45, 7) is 0. The number of rotatable bonds is 0. The third-order valence-electron chi connectivity index (χ3n) is 2.88. The minimum atomic E-state index is 0. The van der Waals surface area contributed by atoms with Crippen LogP contribution in [0.1, 0.15) is 17.2 Å². The number of nitrogens with two attached hydrogens (primary N) is 1. The molecule has 4 N–H and O–H groups in total. The summed E-state index contributed by atoms with van der Waals surface area (Å²) in [5.41, 5.74) is 11.2. The molecule has 0 fully saturated rings. The number of hydrogen-bond acceptors (Lipinski definition) is 1. The van der Waals surface area contributed by atoms with Crippen molar-refractivity contribution in [2.24, 2.45) is 5.73 Å². The summed E-state index contributed by atoms with van der Waals surface area (Å²) in [7, 11) is 0. The highest BCUT2D eigenvalue weighted by Crippen LogP contribution is 2.41. The standard InChI is InChI=1S/C13H11N.H2O/c14-13-11-7-3-1-5-9(11)10-6-2-4-8-12(10)13;/h1-8,13H,14H2;1H2. The van der Waals surface area contributed by atoms with Gasteiger partial charge in [0.1, 0.15) is 0 Å². The van der Waals surface area contributed by atoms with E-state index in [0.717, 1.165) is 0 Å². The fraction of sp³-hybridized carbons (Fsp3) is 0.0769. The Morgan fingerprint density at radius 2 is 1.13 bits per heavy atom. The lowest BCUT2D eigenvalue weighted by molar-refractivity contribution is 0.824. The van der Waals surface area contributed by atoms with Gasteiger partial charge in [0.05, 0.1) is 6.04 Å². The van der Waals surface area contributed by atoms with Crippen molar-refractivity contribution >= 4 is 0 Å². The van der Waals surface area contributed by atoms with Gasteiger partial charge in [0, 0.05) is 0 Å². The molecule has 2 heteroatoms. The van der Waals surface area contributed by atoms with Gasteiger partial charge in [-0.1, -0.05) is 48.5 Å². The fourth-order valence-corrected chi connectivity index (χ4v) is 2.19. The van der Waals surface area contributed by atoms with E-state index in [-0.39, 0.29) is 11.5 Å². The van der Waals surface area contributed by atoms with Crippen molar-refractivity contribution in [2.45, 2.75) is 6.04 Å². The lowest BCUT2D eigenvalue weighted by Crippen LogP contribution is -2.07. The van der Waals surface area contributed by atoms with E-state index in [2.05, 4.69) is 36.4 Å². The van der Waals surface area contributed by atoms with Gasteiger partial charge in [0.2, 0.25) is 0 Å². The second kappa shape index (κ2) is 3.50. The van der Waals surface area contributed by atoms with Gasteiger partial charge in [-0.3, -0.25) is 0 Å². The molecule has 2 nitrogen and oxygen atoms in total. The Balaban J connectivity index is 0.000000853. The predicted octanol–water partition coefficient (Wildman–Crippen LogP) is 1.89. The Hall–Kier alpha value is -1.64. The van der Waals surface area contributed by atoms with Crippen LogP contribution in [0.3, 0.4) is 0 Å². The quantitative estimate of drug-likeness (QED) is 0.692. The van der Waals surface area contributed by atoms with Gasteiger partial charge in [-0.05, 0) is 22.3 Å². The minimum Gasteiger partial charge on any atom is -0.412 e. The van der Waals surface area contributed by atoms with Crippen molar-refractivity contribution in [1.82, 2.24) is 0 Å². The molecule has 0 saturated heterocycles. The van der Waals surface area contributed by atoms with Crippen LogP contribution in [-0.4, -0.2) is 5.48 Å². The normalized spacial score (nSPS) is 12.9. The molecule has 0 saturated carbocycles. The maximum atomic E-state index is 6.16. The van der Waals surface area contributed by atoms with Crippen LogP contribution in [-0.2, 0) is 0 Å². The van der Waals surface area contributed by atoms with Crippen LogP contribution >= 0.6 is 0 Å². The highest BCUT2D eigenvalue weighted by atomic mass is 16.0. The molecular weight excluding hydrogens is 186 g/mol. The first-order chi connectivity index (χ1) is 6.88. The topological polar surface area (TPSA) is 57.5 Å². The van der Waals surface area contributed by atoms with Gasteiger partial charge < -0.3 is 11.2 Å². The molecule has 0 radical (unpaired) electrons. The molecule has 0 heterocycles. The van der Waals surface area contributed by atoms with Crippen LogP contribution in [0.25, 0.3) is 11.1 Å². The van der Waals surface area contributed by atoms with E-state index in [1.165, 1.54) is 22.3 Å². The largest absolute Gasteiger partial charge is 0.412 e. The minimum absolute atomic E-state index is 0. The van der Waals surface area contributed by atoms with Gasteiger partial charge in [-0.25, -0.2) is 0 Å². The van der Waals surface area contributed by atoms with E-state index >= 15 is 0 Å². The lowest BCUT2D eigenvalue weighted by atomic mass is 10.1. The van der Waals surface area contributed by atoms with Crippen molar-refractivity contribution in [2.75, 3.05) is 0 Å². The third-order valence-corrected chi connectivity index (χ3v) is 2.88. The van der Waals surface area contributed by atoms with Gasteiger partial charge in [0.25, 0.3) is 0 Å². The highest BCUT2D eigenvalue weighted by Gasteiger charge is 2.24. The molecule has 0 atom stereocenters. The van der Waals surface area contributed by atoms with Gasteiger partial charge in [-0.2, -0.15) is 0 Å². The van der Waals surface area contributed by atoms with Crippen LogP contribution in [0, 0.1) is 0 Å². The van der Waals surface area contributed by atoms with E-state index in [1.54, 1.807) is 0 Å². The van der Waals surface area contributed by atoms with E-state index in [1.807, 2.05) is 12.1 Å². The van der Waals surface area contributed by atoms with Crippen molar-refractivity contribution in [3.05, 3.63) is 59.7 Å². The number of hydrogen-bond donors (Lipinski definition) is 1. The zero-order chi connectivity index (χ0) is 9.54. The Bertz CT molecular complexity index is 448. The molecule has 2 aromatic rings. The van der Waals surface area contributed by atoms with Crippen molar-refractivity contribution in [3.63, 3.8) is 0 Å². The molecule has 0 aliphatic heterocycles. The SMILES string of the molecule is NC1c2ccccc2-c2ccccc21.O. The van der Waals surface area contributed by atoms with Crippen molar-refractivity contribution in [1.29, 1.82) is 0 Å². The summed E-state index contributed by atoms with van der Waals surface area (Å²) in [6.07, 6.45) is 0. The fourth-order valence-electron chi connectivity index (χ4n) is 2.19. The Labute approximate surface area is 88.7 Å². The molecule has 76 valence electrons. The van der Waals surface area contributed by atoms with E-state index in [9.17, 15) is 0 Å². The van der Waals surface area contributed by atoms with E-state index in [0.29, 0.717) is 0 Å². The average molecular weight is 199 g/mol. The molecule has 1 aliphatic carbocycles. The van der Waals surface area contributed by atoms with Crippen LogP contribution in [0.15, 0.2) is 48.5 Å². The smallest absolute Gasteiger partial charge is 0.0563 e. The number of fused-ring (bicyclic) bond motifs is 3. The van der Waals surface area contributed by atoms with Gasteiger partial charge in [0.15, 0.2) is 0 Å². The first-order valence-corrected chi connectivity index (χ1v) is 4.82. The van der Waals surface area contributed by atoms with E-state index < -0.39 is 0 Å². The third kappa shape index (κ3) is 1.27. The summed E-state index contributed by atoms with van der Waals surface area (Å²) in [5.74, 6) is 0. The molecule has 1 aliphatic rings. The molecular formula is C13H13NO. The zero-order valence-corrected chi connectivity index (χ0v) is 8.27. The monoisotopic (exact) mass is 199 g/mol. The molecule has 0 bridgehead atoms. The Morgan fingerprint density at radius 1 is 0.733 bits per heavy atom. The maximum absolute atomic E-state index is 6.16. The van der Waals surface area contributed by atoms with Crippen molar-refractivity contribution in [3.8, 4) is 11.1 Å². The second-order valence-corrected chi connectivity index (χ2v) is 3.65. The average Bonchev–Trinajstić information content (AvgIpc) is 2.55. The summed E-state index contributed by atoms with van der Waals surface area (Å²) >= 11 is 0. The molecule has 0 amide bonds.